The second-order valence-corrected chi connectivity index (χ2v) is 7.40. The third-order valence-corrected chi connectivity index (χ3v) is 5.58. The zero-order valence-corrected chi connectivity index (χ0v) is 13.8. The summed E-state index contributed by atoms with van der Waals surface area (Å²) in [5, 5.41) is 12.3. The molecule has 2 heterocycles. The van der Waals surface area contributed by atoms with Gasteiger partial charge in [0.25, 0.3) is 0 Å². The number of rotatable bonds is 6. The molecule has 7 heteroatoms. The Morgan fingerprint density at radius 2 is 2.14 bits per heavy atom. The van der Waals surface area contributed by atoms with Gasteiger partial charge < -0.3 is 10.1 Å². The Labute approximate surface area is 137 Å². The minimum atomic E-state index is -0.219. The van der Waals surface area contributed by atoms with Crippen LogP contribution in [0, 0.1) is 5.82 Å². The fourth-order valence-electron chi connectivity index (χ4n) is 2.22. The van der Waals surface area contributed by atoms with Gasteiger partial charge in [0, 0.05) is 18.9 Å². The SMILES string of the molecule is Fc1ccc(CNc2nnc(SC[C@@H]3CCCCO3)s2)cc1. The Morgan fingerprint density at radius 3 is 2.91 bits per heavy atom. The van der Waals surface area contributed by atoms with Gasteiger partial charge in [0.2, 0.25) is 5.13 Å². The molecule has 1 aliphatic heterocycles. The number of benzene rings is 1. The summed E-state index contributed by atoms with van der Waals surface area (Å²) in [7, 11) is 0. The maximum absolute atomic E-state index is 12.8. The second kappa shape index (κ2) is 7.89. The minimum Gasteiger partial charge on any atom is -0.377 e. The van der Waals surface area contributed by atoms with E-state index in [4.69, 9.17) is 4.74 Å². The molecule has 1 saturated heterocycles. The number of halogens is 1. The average Bonchev–Trinajstić information content (AvgIpc) is 3.01. The first kappa shape index (κ1) is 15.7. The van der Waals surface area contributed by atoms with Crippen LogP contribution in [0.5, 0.6) is 0 Å². The van der Waals surface area contributed by atoms with E-state index >= 15 is 0 Å². The smallest absolute Gasteiger partial charge is 0.206 e. The number of hydrogen-bond donors (Lipinski definition) is 1. The summed E-state index contributed by atoms with van der Waals surface area (Å²) in [6.07, 6.45) is 3.92. The van der Waals surface area contributed by atoms with Crippen molar-refractivity contribution < 1.29 is 9.13 Å². The van der Waals surface area contributed by atoms with E-state index in [-0.39, 0.29) is 5.82 Å². The predicted octanol–water partition coefficient (Wildman–Crippen LogP) is 3.95. The highest BCUT2D eigenvalue weighted by molar-refractivity contribution is 8.01. The zero-order valence-electron chi connectivity index (χ0n) is 12.1. The highest BCUT2D eigenvalue weighted by atomic mass is 32.2. The Morgan fingerprint density at radius 1 is 1.27 bits per heavy atom. The molecule has 22 heavy (non-hydrogen) atoms. The van der Waals surface area contributed by atoms with E-state index < -0.39 is 0 Å². The molecular weight excluding hydrogens is 321 g/mol. The lowest BCUT2D eigenvalue weighted by Crippen LogP contribution is -2.21. The van der Waals surface area contributed by atoms with Gasteiger partial charge in [-0.3, -0.25) is 0 Å². The summed E-state index contributed by atoms with van der Waals surface area (Å²) in [5.41, 5.74) is 1.02. The Hall–Kier alpha value is -1.18. The first-order valence-corrected chi connectivity index (χ1v) is 9.16. The molecule has 2 aromatic rings. The molecule has 1 N–H and O–H groups in total. The molecule has 1 aromatic carbocycles. The number of nitrogens with zero attached hydrogens (tertiary/aromatic N) is 2. The van der Waals surface area contributed by atoms with E-state index in [0.717, 1.165) is 33.8 Å². The molecular formula is C15H18FN3OS2. The summed E-state index contributed by atoms with van der Waals surface area (Å²) in [5.74, 6) is 0.718. The van der Waals surface area contributed by atoms with Crippen LogP contribution < -0.4 is 5.32 Å². The first-order chi connectivity index (χ1) is 10.8. The molecule has 1 atom stereocenters. The maximum atomic E-state index is 12.8. The van der Waals surface area contributed by atoms with E-state index in [1.54, 1.807) is 35.2 Å². The Kier molecular flexibility index (Phi) is 5.64. The largest absolute Gasteiger partial charge is 0.377 e. The van der Waals surface area contributed by atoms with Gasteiger partial charge in [0.1, 0.15) is 5.82 Å². The van der Waals surface area contributed by atoms with Crippen LogP contribution in [0.4, 0.5) is 9.52 Å². The first-order valence-electron chi connectivity index (χ1n) is 7.36. The van der Waals surface area contributed by atoms with E-state index in [0.29, 0.717) is 12.6 Å². The highest BCUT2D eigenvalue weighted by Gasteiger charge is 2.15. The van der Waals surface area contributed by atoms with E-state index in [1.165, 1.54) is 25.0 Å². The molecule has 118 valence electrons. The van der Waals surface area contributed by atoms with E-state index in [9.17, 15) is 4.39 Å². The summed E-state index contributed by atoms with van der Waals surface area (Å²) in [6, 6.07) is 6.45. The van der Waals surface area contributed by atoms with Crippen LogP contribution in [0.2, 0.25) is 0 Å². The standard InChI is InChI=1S/C15H18FN3OS2/c16-12-6-4-11(5-7-12)9-17-14-18-19-15(22-14)21-10-13-3-1-2-8-20-13/h4-7,13H,1-3,8-10H2,(H,17,18)/t13-/m0/s1. The number of nitrogens with one attached hydrogen (secondary N) is 1. The van der Waals surface area contributed by atoms with Gasteiger partial charge in [0.05, 0.1) is 6.10 Å². The molecule has 0 saturated carbocycles. The lowest BCUT2D eigenvalue weighted by atomic mass is 10.1. The Bertz CT molecular complexity index is 585. The molecule has 0 spiro atoms. The Balaban J connectivity index is 1.45. The van der Waals surface area contributed by atoms with Crippen molar-refractivity contribution in [2.24, 2.45) is 0 Å². The van der Waals surface area contributed by atoms with Gasteiger partial charge in [-0.25, -0.2) is 4.39 Å². The van der Waals surface area contributed by atoms with Crippen molar-refractivity contribution in [3.63, 3.8) is 0 Å². The molecule has 4 nitrogen and oxygen atoms in total. The highest BCUT2D eigenvalue weighted by Crippen LogP contribution is 2.28. The zero-order chi connectivity index (χ0) is 15.2. The van der Waals surface area contributed by atoms with Crippen molar-refractivity contribution in [2.45, 2.75) is 36.3 Å². The minimum absolute atomic E-state index is 0.219. The van der Waals surface area contributed by atoms with Crippen LogP contribution in [-0.2, 0) is 11.3 Å². The van der Waals surface area contributed by atoms with Crippen LogP contribution >= 0.6 is 23.1 Å². The van der Waals surface area contributed by atoms with Crippen LogP contribution in [0.25, 0.3) is 0 Å². The number of hydrogen-bond acceptors (Lipinski definition) is 6. The van der Waals surface area contributed by atoms with Crippen molar-refractivity contribution in [3.8, 4) is 0 Å². The molecule has 0 amide bonds. The molecule has 0 unspecified atom stereocenters. The van der Waals surface area contributed by atoms with Gasteiger partial charge in [0.15, 0.2) is 4.34 Å². The monoisotopic (exact) mass is 339 g/mol. The number of thioether (sulfide) groups is 1. The summed E-state index contributed by atoms with van der Waals surface area (Å²) in [6.45, 7) is 1.50. The van der Waals surface area contributed by atoms with Gasteiger partial charge >= 0.3 is 0 Å². The summed E-state index contributed by atoms with van der Waals surface area (Å²) >= 11 is 3.25. The molecule has 0 radical (unpaired) electrons. The van der Waals surface area contributed by atoms with Crippen LogP contribution in [-0.4, -0.2) is 28.7 Å². The van der Waals surface area contributed by atoms with Crippen molar-refractivity contribution >= 4 is 28.2 Å². The quantitative estimate of drug-likeness (QED) is 0.808. The van der Waals surface area contributed by atoms with Crippen molar-refractivity contribution in [1.82, 2.24) is 10.2 Å². The van der Waals surface area contributed by atoms with Crippen LogP contribution in [0.1, 0.15) is 24.8 Å². The third kappa shape index (κ3) is 4.66. The van der Waals surface area contributed by atoms with Crippen molar-refractivity contribution in [2.75, 3.05) is 17.7 Å². The molecule has 0 aliphatic carbocycles. The van der Waals surface area contributed by atoms with Crippen molar-refractivity contribution in [1.29, 1.82) is 0 Å². The average molecular weight is 339 g/mol. The second-order valence-electron chi connectivity index (χ2n) is 5.15. The van der Waals surface area contributed by atoms with Crippen molar-refractivity contribution in [3.05, 3.63) is 35.6 Å². The maximum Gasteiger partial charge on any atom is 0.206 e. The topological polar surface area (TPSA) is 47.0 Å². The fourth-order valence-corrected chi connectivity index (χ4v) is 4.06. The van der Waals surface area contributed by atoms with Gasteiger partial charge in [-0.2, -0.15) is 0 Å². The number of anilines is 1. The normalized spacial score (nSPS) is 18.3. The third-order valence-electron chi connectivity index (χ3n) is 3.43. The molecule has 1 aromatic heterocycles. The predicted molar refractivity (Wildman–Crippen MR) is 88.0 cm³/mol. The summed E-state index contributed by atoms with van der Waals surface area (Å²) in [4.78, 5) is 0. The molecule has 3 rings (SSSR count). The van der Waals surface area contributed by atoms with Gasteiger partial charge in [-0.05, 0) is 37.0 Å². The lowest BCUT2D eigenvalue weighted by molar-refractivity contribution is 0.0315. The number of aromatic nitrogens is 2. The van der Waals surface area contributed by atoms with Crippen LogP contribution in [0.15, 0.2) is 28.6 Å². The lowest BCUT2D eigenvalue weighted by Gasteiger charge is -2.21. The molecule has 1 fully saturated rings. The van der Waals surface area contributed by atoms with E-state index in [1.807, 2.05) is 0 Å². The molecule has 0 bridgehead atoms. The van der Waals surface area contributed by atoms with E-state index in [2.05, 4.69) is 15.5 Å². The van der Waals surface area contributed by atoms with Crippen LogP contribution in [0.3, 0.4) is 0 Å². The number of ether oxygens (including phenoxy) is 1. The fraction of sp³-hybridized carbons (Fsp3) is 0.467. The van der Waals surface area contributed by atoms with Gasteiger partial charge in [-0.1, -0.05) is 35.2 Å². The summed E-state index contributed by atoms with van der Waals surface area (Å²) < 4.78 is 19.5. The molecule has 1 aliphatic rings. The van der Waals surface area contributed by atoms with Gasteiger partial charge in [-0.15, -0.1) is 10.2 Å².